The molecule has 2 bridgehead atoms. The van der Waals surface area contributed by atoms with E-state index in [9.17, 15) is 19.5 Å². The number of carbonyl (C=O) groups excluding carboxylic acids is 3. The van der Waals surface area contributed by atoms with Crippen molar-refractivity contribution in [3.05, 3.63) is 49.6 Å². The SMILES string of the molecule is C=CCN(CCCC)C(=O)C1N([C@@H](CO)CC(C)C)C(=O)[C@@H]2[C@H](C(=O)N(CC=C)c3ccc(OCC)cc3)[C@]3(C)CCC12O3. The number of hydrogen-bond acceptors (Lipinski definition) is 6. The van der Waals surface area contributed by atoms with Crippen LogP contribution >= 0.6 is 0 Å². The van der Waals surface area contributed by atoms with E-state index in [2.05, 4.69) is 20.1 Å². The van der Waals surface area contributed by atoms with Crippen LogP contribution in [-0.4, -0.2) is 88.8 Å². The van der Waals surface area contributed by atoms with Gasteiger partial charge in [-0.1, -0.05) is 39.3 Å². The normalized spacial score (nSPS) is 27.8. The molecule has 44 heavy (non-hydrogen) atoms. The number of rotatable bonds is 16. The van der Waals surface area contributed by atoms with E-state index in [0.29, 0.717) is 50.4 Å². The van der Waals surface area contributed by atoms with Crippen LogP contribution in [0.3, 0.4) is 0 Å². The summed E-state index contributed by atoms with van der Waals surface area (Å²) in [5.74, 6) is -1.51. The summed E-state index contributed by atoms with van der Waals surface area (Å²) in [7, 11) is 0. The number of unbranched alkanes of at least 4 members (excludes halogenated alkanes) is 1. The van der Waals surface area contributed by atoms with Crippen LogP contribution in [0.25, 0.3) is 0 Å². The summed E-state index contributed by atoms with van der Waals surface area (Å²) >= 11 is 0. The van der Waals surface area contributed by atoms with Gasteiger partial charge in [-0.25, -0.2) is 0 Å². The monoisotopic (exact) mass is 609 g/mol. The molecule has 0 saturated carbocycles. The molecule has 0 aromatic heterocycles. The molecular formula is C35H51N3O6. The summed E-state index contributed by atoms with van der Waals surface area (Å²) in [5, 5.41) is 10.6. The highest BCUT2D eigenvalue weighted by Gasteiger charge is 2.78. The fraction of sp³-hybridized carbons (Fsp3) is 0.629. The summed E-state index contributed by atoms with van der Waals surface area (Å²) in [4.78, 5) is 48.9. The number of anilines is 1. The van der Waals surface area contributed by atoms with E-state index < -0.39 is 35.1 Å². The lowest BCUT2D eigenvalue weighted by atomic mass is 9.66. The smallest absolute Gasteiger partial charge is 0.248 e. The van der Waals surface area contributed by atoms with Crippen molar-refractivity contribution >= 4 is 23.4 Å². The molecule has 3 saturated heterocycles. The van der Waals surface area contributed by atoms with Crippen molar-refractivity contribution in [3.8, 4) is 5.75 Å². The Kier molecular flexibility index (Phi) is 10.6. The molecule has 1 N–H and O–H groups in total. The van der Waals surface area contributed by atoms with E-state index in [-0.39, 0.29) is 36.8 Å². The highest BCUT2D eigenvalue weighted by Crippen LogP contribution is 2.64. The maximum absolute atomic E-state index is 14.7. The second kappa shape index (κ2) is 13.9. The molecule has 9 nitrogen and oxygen atoms in total. The second-order valence-corrected chi connectivity index (χ2v) is 13.0. The first-order valence-electron chi connectivity index (χ1n) is 16.2. The third kappa shape index (κ3) is 5.93. The molecule has 0 aliphatic carbocycles. The number of benzene rings is 1. The maximum atomic E-state index is 14.7. The fourth-order valence-electron chi connectivity index (χ4n) is 7.71. The van der Waals surface area contributed by atoms with Crippen molar-refractivity contribution in [2.24, 2.45) is 17.8 Å². The van der Waals surface area contributed by atoms with Crippen LogP contribution in [0.4, 0.5) is 5.69 Å². The number of likely N-dealkylation sites (tertiary alicyclic amines) is 1. The summed E-state index contributed by atoms with van der Waals surface area (Å²) in [5.41, 5.74) is -1.43. The highest BCUT2D eigenvalue weighted by atomic mass is 16.5. The first-order valence-corrected chi connectivity index (χ1v) is 16.2. The lowest BCUT2D eigenvalue weighted by molar-refractivity contribution is -0.155. The number of aliphatic hydroxyl groups is 1. The van der Waals surface area contributed by atoms with Gasteiger partial charge in [0, 0.05) is 25.3 Å². The average molecular weight is 610 g/mol. The van der Waals surface area contributed by atoms with E-state index in [1.54, 1.807) is 26.9 Å². The van der Waals surface area contributed by atoms with Crippen LogP contribution in [0.5, 0.6) is 5.75 Å². The Labute approximate surface area is 262 Å². The van der Waals surface area contributed by atoms with Crippen LogP contribution in [0, 0.1) is 17.8 Å². The summed E-state index contributed by atoms with van der Waals surface area (Å²) in [6.45, 7) is 19.1. The number of amides is 3. The van der Waals surface area contributed by atoms with E-state index >= 15 is 0 Å². The van der Waals surface area contributed by atoms with Crippen LogP contribution in [-0.2, 0) is 19.1 Å². The molecule has 6 atom stereocenters. The van der Waals surface area contributed by atoms with Crippen LogP contribution < -0.4 is 9.64 Å². The van der Waals surface area contributed by atoms with Gasteiger partial charge >= 0.3 is 0 Å². The Balaban J connectivity index is 1.80. The molecule has 3 aliphatic heterocycles. The van der Waals surface area contributed by atoms with Gasteiger partial charge in [0.05, 0.1) is 36.7 Å². The first-order chi connectivity index (χ1) is 21.0. The topological polar surface area (TPSA) is 99.6 Å². The zero-order valence-electron chi connectivity index (χ0n) is 27.2. The third-order valence-corrected chi connectivity index (χ3v) is 9.54. The van der Waals surface area contributed by atoms with Gasteiger partial charge in [0.25, 0.3) is 0 Å². The van der Waals surface area contributed by atoms with E-state index in [1.807, 2.05) is 52.0 Å². The van der Waals surface area contributed by atoms with E-state index in [1.165, 1.54) is 0 Å². The Bertz CT molecular complexity index is 1220. The summed E-state index contributed by atoms with van der Waals surface area (Å²) < 4.78 is 12.5. The van der Waals surface area contributed by atoms with Gasteiger partial charge in [-0.05, 0) is 69.7 Å². The zero-order chi connectivity index (χ0) is 32.2. The van der Waals surface area contributed by atoms with Crippen LogP contribution in [0.1, 0.15) is 66.7 Å². The molecule has 2 unspecified atom stereocenters. The maximum Gasteiger partial charge on any atom is 0.248 e. The molecule has 242 valence electrons. The first kappa shape index (κ1) is 33.7. The van der Waals surface area contributed by atoms with Gasteiger partial charge in [-0.15, -0.1) is 13.2 Å². The van der Waals surface area contributed by atoms with Gasteiger partial charge in [-0.2, -0.15) is 0 Å². The lowest BCUT2D eigenvalue weighted by Crippen LogP contribution is -2.59. The van der Waals surface area contributed by atoms with Gasteiger partial charge in [-0.3, -0.25) is 14.4 Å². The van der Waals surface area contributed by atoms with Crippen molar-refractivity contribution in [2.75, 3.05) is 37.7 Å². The molecular weight excluding hydrogens is 558 g/mol. The molecule has 1 aromatic carbocycles. The predicted molar refractivity (Wildman–Crippen MR) is 171 cm³/mol. The number of nitrogens with zero attached hydrogens (tertiary/aromatic N) is 3. The second-order valence-electron chi connectivity index (χ2n) is 13.0. The minimum Gasteiger partial charge on any atom is -0.494 e. The molecule has 3 heterocycles. The molecule has 3 aliphatic rings. The van der Waals surface area contributed by atoms with Gasteiger partial charge in [0.1, 0.15) is 17.4 Å². The van der Waals surface area contributed by atoms with E-state index in [0.717, 1.165) is 12.8 Å². The minimum absolute atomic E-state index is 0.174. The Morgan fingerprint density at radius 1 is 1.14 bits per heavy atom. The molecule has 0 radical (unpaired) electrons. The van der Waals surface area contributed by atoms with Crippen molar-refractivity contribution in [2.45, 2.75) is 90.0 Å². The van der Waals surface area contributed by atoms with Gasteiger partial charge < -0.3 is 29.3 Å². The molecule has 4 rings (SSSR count). The number of carbonyl (C=O) groups is 3. The highest BCUT2D eigenvalue weighted by molar-refractivity contribution is 6.03. The number of ether oxygens (including phenoxy) is 2. The molecule has 3 fully saturated rings. The third-order valence-electron chi connectivity index (χ3n) is 9.54. The molecule has 9 heteroatoms. The van der Waals surface area contributed by atoms with Gasteiger partial charge in [0.2, 0.25) is 17.7 Å². The minimum atomic E-state index is -1.17. The van der Waals surface area contributed by atoms with Crippen molar-refractivity contribution in [1.82, 2.24) is 9.80 Å². The molecule has 3 amide bonds. The predicted octanol–water partition coefficient (Wildman–Crippen LogP) is 4.59. The summed E-state index contributed by atoms with van der Waals surface area (Å²) in [6.07, 6.45) is 6.63. The van der Waals surface area contributed by atoms with Crippen LogP contribution in [0.2, 0.25) is 0 Å². The Morgan fingerprint density at radius 3 is 2.39 bits per heavy atom. The molecule has 1 spiro atoms. The number of fused-ring (bicyclic) bond motifs is 1. The van der Waals surface area contributed by atoms with Crippen molar-refractivity contribution in [3.63, 3.8) is 0 Å². The lowest BCUT2D eigenvalue weighted by Gasteiger charge is -2.40. The quantitative estimate of drug-likeness (QED) is 0.275. The van der Waals surface area contributed by atoms with Crippen molar-refractivity contribution < 1.29 is 29.0 Å². The summed E-state index contributed by atoms with van der Waals surface area (Å²) in [6, 6.07) is 5.79. The van der Waals surface area contributed by atoms with Gasteiger partial charge in [0.15, 0.2) is 0 Å². The number of hydrogen-bond donors (Lipinski definition) is 1. The fourth-order valence-corrected chi connectivity index (χ4v) is 7.71. The standard InChI is InChI=1S/C35H51N3O6/c1-8-12-21-36(19-9-2)33(42)30-35-18-17-34(7,44-35)28(29(35)32(41)38(30)26(23-39)22-24(5)6)31(40)37(20-10-3)25-13-15-27(16-14-25)43-11-4/h9-10,13-16,24,26,28-30,39H,2-3,8,11-12,17-23H2,1,4-7H3/t26-,28-,29+,30?,34+,35?/m1/s1. The zero-order valence-corrected chi connectivity index (χ0v) is 27.2. The molecule has 1 aromatic rings. The number of aliphatic hydroxyl groups excluding tert-OH is 1. The van der Waals surface area contributed by atoms with Crippen molar-refractivity contribution in [1.29, 1.82) is 0 Å². The average Bonchev–Trinajstić information content (AvgIpc) is 3.57. The van der Waals surface area contributed by atoms with E-state index in [4.69, 9.17) is 9.47 Å². The van der Waals surface area contributed by atoms with Crippen LogP contribution in [0.15, 0.2) is 49.6 Å². The Hall–Kier alpha value is -3.17. The largest absolute Gasteiger partial charge is 0.494 e. The Morgan fingerprint density at radius 2 is 1.82 bits per heavy atom.